The molecule has 1 heterocycles. The van der Waals surface area contributed by atoms with Gasteiger partial charge in [-0.3, -0.25) is 9.78 Å². The molecule has 6 heteroatoms. The van der Waals surface area contributed by atoms with Gasteiger partial charge >= 0.3 is 0 Å². The number of halogens is 2. The number of carbonyl (C=O) groups excluding carboxylic acids is 1. The number of aromatic nitrogens is 1. The molecule has 2 N–H and O–H groups in total. The molecule has 0 bridgehead atoms. The molecule has 1 amide bonds. The summed E-state index contributed by atoms with van der Waals surface area (Å²) >= 11 is 0. The first kappa shape index (κ1) is 17.5. The summed E-state index contributed by atoms with van der Waals surface area (Å²) in [5.74, 6) is -2.12. The van der Waals surface area contributed by atoms with Crippen molar-refractivity contribution in [2.75, 3.05) is 10.6 Å². The van der Waals surface area contributed by atoms with Gasteiger partial charge in [0.25, 0.3) is 5.91 Å². The van der Waals surface area contributed by atoms with Crippen LogP contribution < -0.4 is 10.6 Å². The summed E-state index contributed by atoms with van der Waals surface area (Å²) in [6, 6.07) is 14.3. The van der Waals surface area contributed by atoms with Gasteiger partial charge < -0.3 is 10.6 Å². The molecule has 4 nitrogen and oxygen atoms in total. The average molecular weight is 353 g/mol. The predicted molar refractivity (Wildman–Crippen MR) is 97.1 cm³/mol. The molecular weight excluding hydrogens is 336 g/mol. The molecule has 0 aliphatic carbocycles. The molecule has 0 spiro atoms. The van der Waals surface area contributed by atoms with Crippen molar-refractivity contribution >= 4 is 17.3 Å². The highest BCUT2D eigenvalue weighted by Crippen LogP contribution is 2.17. The van der Waals surface area contributed by atoms with E-state index in [4.69, 9.17) is 0 Å². The van der Waals surface area contributed by atoms with E-state index in [0.29, 0.717) is 18.3 Å². The third-order valence-electron chi connectivity index (χ3n) is 3.92. The van der Waals surface area contributed by atoms with E-state index in [1.54, 1.807) is 12.1 Å². The lowest BCUT2D eigenvalue weighted by Gasteiger charge is -2.10. The maximum Gasteiger partial charge on any atom is 0.274 e. The van der Waals surface area contributed by atoms with Crippen molar-refractivity contribution in [1.29, 1.82) is 0 Å². The van der Waals surface area contributed by atoms with Gasteiger partial charge in [0.2, 0.25) is 0 Å². The Bertz CT molecular complexity index is 944. The fourth-order valence-electron chi connectivity index (χ4n) is 2.45. The van der Waals surface area contributed by atoms with Crippen LogP contribution in [0.2, 0.25) is 0 Å². The Hall–Kier alpha value is -3.28. The van der Waals surface area contributed by atoms with Crippen molar-refractivity contribution in [2.45, 2.75) is 13.5 Å². The molecule has 0 saturated carbocycles. The van der Waals surface area contributed by atoms with Gasteiger partial charge in [-0.15, -0.1) is 0 Å². The lowest BCUT2D eigenvalue weighted by molar-refractivity contribution is 0.102. The van der Waals surface area contributed by atoms with Crippen LogP contribution in [0.1, 0.15) is 21.6 Å². The average Bonchev–Trinajstić information content (AvgIpc) is 2.63. The lowest BCUT2D eigenvalue weighted by Crippen LogP contribution is -2.15. The van der Waals surface area contributed by atoms with E-state index in [9.17, 15) is 13.6 Å². The Balaban J connectivity index is 1.70. The molecule has 3 rings (SSSR count). The number of hydrogen-bond donors (Lipinski definition) is 2. The number of rotatable bonds is 5. The second-order valence-electron chi connectivity index (χ2n) is 5.79. The normalized spacial score (nSPS) is 10.4. The Morgan fingerprint density at radius 2 is 1.88 bits per heavy atom. The largest absolute Gasteiger partial charge is 0.381 e. The van der Waals surface area contributed by atoms with E-state index >= 15 is 0 Å². The fourth-order valence-corrected chi connectivity index (χ4v) is 2.45. The van der Waals surface area contributed by atoms with E-state index < -0.39 is 17.5 Å². The highest BCUT2D eigenvalue weighted by atomic mass is 19.1. The van der Waals surface area contributed by atoms with Crippen molar-refractivity contribution < 1.29 is 13.6 Å². The fraction of sp³-hybridized carbons (Fsp3) is 0.100. The number of aryl methyl sites for hydroxylation is 1. The van der Waals surface area contributed by atoms with Gasteiger partial charge in [0.1, 0.15) is 17.3 Å². The molecule has 2 aromatic carbocycles. The maximum atomic E-state index is 13.7. The molecule has 1 aromatic heterocycles. The number of hydrogen-bond acceptors (Lipinski definition) is 3. The molecule has 0 aliphatic rings. The zero-order valence-electron chi connectivity index (χ0n) is 14.1. The van der Waals surface area contributed by atoms with Crippen molar-refractivity contribution in [3.05, 3.63) is 89.2 Å². The van der Waals surface area contributed by atoms with Crippen LogP contribution in [0.3, 0.4) is 0 Å². The summed E-state index contributed by atoms with van der Waals surface area (Å²) in [4.78, 5) is 16.3. The molecule has 0 unspecified atom stereocenters. The van der Waals surface area contributed by atoms with Crippen molar-refractivity contribution in [1.82, 2.24) is 4.98 Å². The van der Waals surface area contributed by atoms with E-state index in [0.717, 1.165) is 11.6 Å². The number of nitrogens with one attached hydrogen (secondary N) is 2. The third-order valence-corrected chi connectivity index (χ3v) is 3.92. The smallest absolute Gasteiger partial charge is 0.274 e. The number of carbonyl (C=O) groups is 1. The number of pyridine rings is 1. The Labute approximate surface area is 149 Å². The Morgan fingerprint density at radius 1 is 1.08 bits per heavy atom. The first-order valence-corrected chi connectivity index (χ1v) is 8.04. The van der Waals surface area contributed by atoms with Crippen molar-refractivity contribution in [3.8, 4) is 0 Å². The minimum atomic E-state index is -0.841. The van der Waals surface area contributed by atoms with Gasteiger partial charge in [-0.25, -0.2) is 8.78 Å². The van der Waals surface area contributed by atoms with Crippen LogP contribution in [0.5, 0.6) is 0 Å². The van der Waals surface area contributed by atoms with Crippen LogP contribution in [0, 0.1) is 18.6 Å². The summed E-state index contributed by atoms with van der Waals surface area (Å²) in [5.41, 5.74) is 3.05. The highest BCUT2D eigenvalue weighted by molar-refractivity contribution is 6.03. The lowest BCUT2D eigenvalue weighted by atomic mass is 10.1. The van der Waals surface area contributed by atoms with Crippen LogP contribution in [-0.2, 0) is 6.54 Å². The van der Waals surface area contributed by atoms with Crippen LogP contribution in [-0.4, -0.2) is 10.9 Å². The maximum absolute atomic E-state index is 13.7. The molecular formula is C20H17F2N3O. The van der Waals surface area contributed by atoms with Gasteiger partial charge in [-0.05, 0) is 42.3 Å². The molecule has 3 aromatic rings. The topological polar surface area (TPSA) is 54.0 Å². The Morgan fingerprint density at radius 3 is 2.65 bits per heavy atom. The first-order chi connectivity index (χ1) is 12.5. The van der Waals surface area contributed by atoms with E-state index in [2.05, 4.69) is 15.6 Å². The number of anilines is 2. The molecule has 26 heavy (non-hydrogen) atoms. The van der Waals surface area contributed by atoms with Crippen LogP contribution >= 0.6 is 0 Å². The predicted octanol–water partition coefficient (Wildman–Crippen LogP) is 4.53. The van der Waals surface area contributed by atoms with Crippen LogP contribution in [0.4, 0.5) is 20.2 Å². The van der Waals surface area contributed by atoms with Gasteiger partial charge in [0.05, 0.1) is 5.69 Å². The highest BCUT2D eigenvalue weighted by Gasteiger charge is 2.12. The zero-order chi connectivity index (χ0) is 18.5. The summed E-state index contributed by atoms with van der Waals surface area (Å²) in [7, 11) is 0. The molecule has 0 aliphatic heterocycles. The monoisotopic (exact) mass is 353 g/mol. The summed E-state index contributed by atoms with van der Waals surface area (Å²) < 4.78 is 26.6. The number of nitrogens with zero attached hydrogens (tertiary/aromatic N) is 1. The number of amides is 1. The van der Waals surface area contributed by atoms with Crippen molar-refractivity contribution in [3.63, 3.8) is 0 Å². The van der Waals surface area contributed by atoms with Gasteiger partial charge in [-0.1, -0.05) is 24.3 Å². The van der Waals surface area contributed by atoms with E-state index in [-0.39, 0.29) is 11.4 Å². The van der Waals surface area contributed by atoms with Crippen LogP contribution in [0.15, 0.2) is 60.8 Å². The number of benzene rings is 2. The third kappa shape index (κ3) is 4.22. The summed E-state index contributed by atoms with van der Waals surface area (Å²) in [6.45, 7) is 2.63. The van der Waals surface area contributed by atoms with Gasteiger partial charge in [0.15, 0.2) is 0 Å². The van der Waals surface area contributed by atoms with Gasteiger partial charge in [0, 0.05) is 24.5 Å². The molecule has 0 atom stereocenters. The molecule has 0 saturated heterocycles. The van der Waals surface area contributed by atoms with Crippen molar-refractivity contribution in [2.24, 2.45) is 0 Å². The van der Waals surface area contributed by atoms with Crippen LogP contribution in [0.25, 0.3) is 0 Å². The second-order valence-corrected chi connectivity index (χ2v) is 5.79. The SMILES string of the molecule is Cc1ccccc1CNc1ccnc(C(=O)Nc2ccc(F)cc2F)c1. The summed E-state index contributed by atoms with van der Waals surface area (Å²) in [5, 5.41) is 5.63. The quantitative estimate of drug-likeness (QED) is 0.708. The minimum absolute atomic E-state index is 0.100. The first-order valence-electron chi connectivity index (χ1n) is 8.04. The second kappa shape index (κ2) is 7.74. The van der Waals surface area contributed by atoms with E-state index in [1.807, 2.05) is 31.2 Å². The summed E-state index contributed by atoms with van der Waals surface area (Å²) in [6.07, 6.45) is 1.50. The van der Waals surface area contributed by atoms with Gasteiger partial charge in [-0.2, -0.15) is 0 Å². The zero-order valence-corrected chi connectivity index (χ0v) is 14.1. The molecule has 0 fully saturated rings. The Kier molecular flexibility index (Phi) is 5.22. The standard InChI is InChI=1S/C20H17F2N3O/c1-13-4-2-3-5-14(13)12-24-16-8-9-23-19(11-16)20(26)25-18-7-6-15(21)10-17(18)22/h2-11H,12H2,1H3,(H,23,24)(H,25,26). The molecule has 0 radical (unpaired) electrons. The van der Waals surface area contributed by atoms with E-state index in [1.165, 1.54) is 17.8 Å². The minimum Gasteiger partial charge on any atom is -0.381 e. The molecule has 132 valence electrons.